The van der Waals surface area contributed by atoms with E-state index >= 15 is 0 Å². The van der Waals surface area contributed by atoms with Crippen molar-refractivity contribution in [2.75, 3.05) is 6.61 Å². The summed E-state index contributed by atoms with van der Waals surface area (Å²) in [4.78, 5) is 17.6. The number of carbonyl (C=O) groups excluding carboxylic acids is 1. The van der Waals surface area contributed by atoms with E-state index in [0.29, 0.717) is 18.0 Å². The predicted octanol–water partition coefficient (Wildman–Crippen LogP) is 0.233. The molecule has 0 aliphatic heterocycles. The molecule has 11 heavy (non-hydrogen) atoms. The van der Waals surface area contributed by atoms with Gasteiger partial charge in [-0.25, -0.2) is 0 Å². The zero-order valence-electron chi connectivity index (χ0n) is 6.55. The fraction of sp³-hybridized carbons (Fsp3) is 0.500. The minimum absolute atomic E-state index is 0.337. The monoisotopic (exact) mass is 152 g/mol. The van der Waals surface area contributed by atoms with E-state index < -0.39 is 0 Å². The van der Waals surface area contributed by atoms with Crippen molar-refractivity contribution in [1.82, 2.24) is 9.88 Å². The van der Waals surface area contributed by atoms with Gasteiger partial charge in [-0.2, -0.15) is 0 Å². The van der Waals surface area contributed by atoms with E-state index in [2.05, 4.69) is 9.88 Å². The summed E-state index contributed by atoms with van der Waals surface area (Å²) in [6.07, 6.45) is 0. The van der Waals surface area contributed by atoms with E-state index in [9.17, 15) is 4.79 Å². The van der Waals surface area contributed by atoms with Crippen LogP contribution in [0, 0.1) is 6.92 Å². The van der Waals surface area contributed by atoms with Crippen molar-refractivity contribution < 1.29 is 9.53 Å². The number of hydrogen-bond donors (Lipinski definition) is 1. The summed E-state index contributed by atoms with van der Waals surface area (Å²) in [6, 6.07) is 0. The number of hydrogen-bond acceptors (Lipinski definition) is 3. The van der Waals surface area contributed by atoms with Crippen LogP contribution in [0.4, 0.5) is 0 Å². The predicted molar refractivity (Wildman–Crippen MR) is 40.6 cm³/mol. The van der Waals surface area contributed by atoms with Crippen molar-refractivity contribution in [3.63, 3.8) is 0 Å². The molecule has 0 radical (unpaired) electrons. The molecule has 0 aliphatic rings. The first-order valence-corrected chi connectivity index (χ1v) is 3.43. The average Bonchev–Trinajstić information content (AvgIpc) is 2.36. The van der Waals surface area contributed by atoms with E-state index in [4.69, 9.17) is 4.74 Å². The van der Waals surface area contributed by atoms with Gasteiger partial charge in [-0.05, 0) is 0 Å². The summed E-state index contributed by atoms with van der Waals surface area (Å²) >= 11 is 0. The van der Waals surface area contributed by atoms with E-state index in [1.54, 1.807) is 13.8 Å². The molecular formula is C6H9BN2O2. The van der Waals surface area contributed by atoms with Crippen LogP contribution in [0.15, 0.2) is 0 Å². The number of aromatic nitrogens is 2. The molecule has 1 aromatic heterocycles. The number of nitrogens with zero attached hydrogens (tertiary/aromatic N) is 1. The topological polar surface area (TPSA) is 55.0 Å². The Bertz CT molecular complexity index is 259. The molecule has 0 fully saturated rings. The van der Waals surface area contributed by atoms with Crippen LogP contribution < -0.4 is 0 Å². The first-order valence-electron chi connectivity index (χ1n) is 3.43. The zero-order chi connectivity index (χ0) is 8.27. The molecule has 5 heteroatoms. The number of aromatic amines is 1. The second kappa shape index (κ2) is 3.32. The van der Waals surface area contributed by atoms with Gasteiger partial charge < -0.3 is 0 Å². The van der Waals surface area contributed by atoms with Crippen LogP contribution in [0.3, 0.4) is 0 Å². The van der Waals surface area contributed by atoms with Gasteiger partial charge in [0.25, 0.3) is 0 Å². The summed E-state index contributed by atoms with van der Waals surface area (Å²) in [5, 5.41) is 0. The molecule has 1 rings (SSSR count). The molecule has 0 spiro atoms. The quantitative estimate of drug-likeness (QED) is 0.617. The van der Waals surface area contributed by atoms with Crippen LogP contribution >= 0.6 is 0 Å². The van der Waals surface area contributed by atoms with E-state index in [0.717, 1.165) is 0 Å². The zero-order valence-corrected chi connectivity index (χ0v) is 6.55. The van der Waals surface area contributed by atoms with Crippen molar-refractivity contribution in [3.8, 4) is 0 Å². The molecule has 1 heterocycles. The van der Waals surface area contributed by atoms with Crippen LogP contribution in [0.1, 0.15) is 23.1 Å². The maximum atomic E-state index is 11.0. The Kier molecular flexibility index (Phi) is 2.41. The van der Waals surface area contributed by atoms with Crippen LogP contribution in [-0.2, 0) is 4.74 Å². The van der Waals surface area contributed by atoms with Gasteiger partial charge in [0.1, 0.15) is 0 Å². The third-order valence-corrected chi connectivity index (χ3v) is 1.19. The molecule has 1 N–H and O–H groups in total. The van der Waals surface area contributed by atoms with Crippen molar-refractivity contribution in [3.05, 3.63) is 11.4 Å². The number of aryl methyl sites for hydroxylation is 1. The first kappa shape index (κ1) is 7.98. The summed E-state index contributed by atoms with van der Waals surface area (Å²) in [5.41, 5.74) is 0.337. The number of ether oxygens (including phenoxy) is 1. The molecule has 4 nitrogen and oxygen atoms in total. The van der Waals surface area contributed by atoms with Crippen LogP contribution in [-0.4, -0.2) is 29.5 Å². The molecule has 0 bridgehead atoms. The Morgan fingerprint density at radius 1 is 1.82 bits per heavy atom. The third-order valence-electron chi connectivity index (χ3n) is 1.19. The molecule has 0 atom stereocenters. The Morgan fingerprint density at radius 2 is 2.55 bits per heavy atom. The molecule has 0 aromatic carbocycles. The van der Waals surface area contributed by atoms with Crippen LogP contribution in [0.5, 0.6) is 0 Å². The molecule has 0 amide bonds. The fourth-order valence-electron chi connectivity index (χ4n) is 0.728. The summed E-state index contributed by atoms with van der Waals surface area (Å²) in [7, 11) is 1.54. The number of carbonyl (C=O) groups is 1. The van der Waals surface area contributed by atoms with Gasteiger partial charge in [0, 0.05) is 0 Å². The SMILES string of the molecule is CCOC(=O)c1b[nH]c(C)n1. The van der Waals surface area contributed by atoms with E-state index in [1.165, 1.54) is 7.05 Å². The Balaban J connectivity index is 2.69. The molecule has 0 saturated heterocycles. The van der Waals surface area contributed by atoms with E-state index in [1.807, 2.05) is 0 Å². The molecular weight excluding hydrogens is 143 g/mol. The second-order valence-electron chi connectivity index (χ2n) is 2.09. The fourth-order valence-corrected chi connectivity index (χ4v) is 0.728. The van der Waals surface area contributed by atoms with Crippen molar-refractivity contribution >= 4 is 13.0 Å². The molecule has 58 valence electrons. The van der Waals surface area contributed by atoms with Crippen LogP contribution in [0.2, 0.25) is 0 Å². The van der Waals surface area contributed by atoms with Gasteiger partial charge in [0.15, 0.2) is 0 Å². The number of H-pyrrole nitrogens is 1. The summed E-state index contributed by atoms with van der Waals surface area (Å²) in [6.45, 7) is 3.92. The van der Waals surface area contributed by atoms with Gasteiger partial charge in [0.2, 0.25) is 0 Å². The Morgan fingerprint density at radius 3 is 3.00 bits per heavy atom. The molecule has 0 saturated carbocycles. The molecule has 0 aliphatic carbocycles. The standard InChI is InChI=1S/C6H9BN2O2/c1-3-11-6(10)5-7-9-4(2)8-5/h3H2,1-2H3,(H,8,9). The molecule has 1 aromatic rings. The van der Waals surface area contributed by atoms with Gasteiger partial charge in [-0.3, -0.25) is 0 Å². The van der Waals surface area contributed by atoms with E-state index in [-0.39, 0.29) is 5.97 Å². The molecule has 0 unspecified atom stereocenters. The van der Waals surface area contributed by atoms with Crippen molar-refractivity contribution in [2.45, 2.75) is 13.8 Å². The summed E-state index contributed by atoms with van der Waals surface area (Å²) < 4.78 is 4.72. The number of rotatable bonds is 2. The van der Waals surface area contributed by atoms with Gasteiger partial charge >= 0.3 is 64.3 Å². The normalized spacial score (nSPS) is 9.27. The number of nitrogens with one attached hydrogen (secondary N) is 1. The summed E-state index contributed by atoms with van der Waals surface area (Å²) in [5.74, 6) is 0.338. The Labute approximate surface area is 65.2 Å². The third kappa shape index (κ3) is 1.90. The van der Waals surface area contributed by atoms with Crippen molar-refractivity contribution in [2.24, 2.45) is 0 Å². The Hall–Kier alpha value is -1.13. The first-order chi connectivity index (χ1) is 5.24. The van der Waals surface area contributed by atoms with Gasteiger partial charge in [0.05, 0.1) is 0 Å². The van der Waals surface area contributed by atoms with Crippen LogP contribution in [0.25, 0.3) is 0 Å². The average molecular weight is 152 g/mol. The van der Waals surface area contributed by atoms with Crippen molar-refractivity contribution in [1.29, 1.82) is 0 Å². The van der Waals surface area contributed by atoms with Gasteiger partial charge in [-0.1, -0.05) is 0 Å². The minimum atomic E-state index is -0.378. The maximum absolute atomic E-state index is 11.0. The van der Waals surface area contributed by atoms with Gasteiger partial charge in [-0.15, -0.1) is 0 Å². The second-order valence-corrected chi connectivity index (χ2v) is 2.09. The number of esters is 1.